The lowest BCUT2D eigenvalue weighted by Gasteiger charge is -2.17. The molecule has 0 aliphatic rings. The van der Waals surface area contributed by atoms with Gasteiger partial charge >= 0.3 is 0 Å². The number of benzene rings is 3. The van der Waals surface area contributed by atoms with Crippen molar-refractivity contribution in [2.24, 2.45) is 0 Å². The van der Waals surface area contributed by atoms with Crippen LogP contribution in [0.1, 0.15) is 11.1 Å². The molecule has 0 aliphatic heterocycles. The SMILES string of the molecule is COc1cc(Cl)cc(CNc2ccc(F)c(Cl)c2)c1OCc1ccccc1. The molecule has 0 atom stereocenters. The van der Waals surface area contributed by atoms with Crippen LogP contribution in [0.2, 0.25) is 10.0 Å². The van der Waals surface area contributed by atoms with Gasteiger partial charge in [0.2, 0.25) is 0 Å². The average Bonchev–Trinajstić information content (AvgIpc) is 2.68. The fraction of sp³-hybridized carbons (Fsp3) is 0.143. The quantitative estimate of drug-likeness (QED) is 0.497. The van der Waals surface area contributed by atoms with E-state index in [1.807, 2.05) is 36.4 Å². The molecule has 3 aromatic rings. The van der Waals surface area contributed by atoms with Crippen LogP contribution < -0.4 is 14.8 Å². The van der Waals surface area contributed by atoms with Gasteiger partial charge in [0.15, 0.2) is 11.5 Å². The molecule has 3 rings (SSSR count). The predicted molar refractivity (Wildman–Crippen MR) is 108 cm³/mol. The van der Waals surface area contributed by atoms with Gasteiger partial charge < -0.3 is 14.8 Å². The maximum Gasteiger partial charge on any atom is 0.166 e. The van der Waals surface area contributed by atoms with Gasteiger partial charge in [-0.3, -0.25) is 0 Å². The molecule has 0 unspecified atom stereocenters. The normalized spacial score (nSPS) is 10.5. The van der Waals surface area contributed by atoms with E-state index in [0.717, 1.165) is 11.1 Å². The number of nitrogens with one attached hydrogen (secondary N) is 1. The summed E-state index contributed by atoms with van der Waals surface area (Å²) in [5.74, 6) is 0.692. The highest BCUT2D eigenvalue weighted by atomic mass is 35.5. The molecule has 3 aromatic carbocycles. The molecule has 0 bridgehead atoms. The van der Waals surface area contributed by atoms with Gasteiger partial charge in [0.25, 0.3) is 0 Å². The van der Waals surface area contributed by atoms with Crippen molar-refractivity contribution in [3.63, 3.8) is 0 Å². The van der Waals surface area contributed by atoms with Gasteiger partial charge in [-0.25, -0.2) is 4.39 Å². The van der Waals surface area contributed by atoms with Gasteiger partial charge in [-0.15, -0.1) is 0 Å². The van der Waals surface area contributed by atoms with Gasteiger partial charge in [0.1, 0.15) is 12.4 Å². The maximum atomic E-state index is 13.3. The summed E-state index contributed by atoms with van der Waals surface area (Å²) in [5.41, 5.74) is 2.55. The Kier molecular flexibility index (Phi) is 6.43. The molecule has 0 aromatic heterocycles. The molecular formula is C21H18Cl2FNO2. The van der Waals surface area contributed by atoms with Gasteiger partial charge in [-0.2, -0.15) is 0 Å². The van der Waals surface area contributed by atoms with Gasteiger partial charge in [0, 0.05) is 28.9 Å². The van der Waals surface area contributed by atoms with E-state index >= 15 is 0 Å². The van der Waals surface area contributed by atoms with Crippen LogP contribution in [0.15, 0.2) is 60.7 Å². The Morgan fingerprint density at radius 3 is 2.48 bits per heavy atom. The second kappa shape index (κ2) is 8.98. The third kappa shape index (κ3) is 5.06. The first-order chi connectivity index (χ1) is 13.1. The predicted octanol–water partition coefficient (Wildman–Crippen LogP) is 6.33. The summed E-state index contributed by atoms with van der Waals surface area (Å²) in [6, 6.07) is 17.8. The summed E-state index contributed by atoms with van der Waals surface area (Å²) in [4.78, 5) is 0. The standard InChI is InChI=1S/C21H18Cl2FNO2/c1-26-20-10-16(22)9-15(12-25-17-7-8-19(24)18(23)11-17)21(20)27-13-14-5-3-2-4-6-14/h2-11,25H,12-13H2,1H3. The fourth-order valence-corrected chi connectivity index (χ4v) is 3.01. The molecule has 0 spiro atoms. The van der Waals surface area contributed by atoms with Crippen LogP contribution in [0, 0.1) is 5.82 Å². The molecule has 3 nitrogen and oxygen atoms in total. The molecule has 140 valence electrons. The molecule has 0 aliphatic carbocycles. The lowest BCUT2D eigenvalue weighted by molar-refractivity contribution is 0.281. The molecule has 0 radical (unpaired) electrons. The molecule has 0 saturated heterocycles. The topological polar surface area (TPSA) is 30.5 Å². The van der Waals surface area contributed by atoms with Gasteiger partial charge in [0.05, 0.1) is 12.1 Å². The highest BCUT2D eigenvalue weighted by Crippen LogP contribution is 2.36. The summed E-state index contributed by atoms with van der Waals surface area (Å²) < 4.78 is 24.8. The van der Waals surface area contributed by atoms with Crippen molar-refractivity contribution in [1.29, 1.82) is 0 Å². The highest BCUT2D eigenvalue weighted by Gasteiger charge is 2.14. The van der Waals surface area contributed by atoms with Crippen molar-refractivity contribution in [1.82, 2.24) is 0 Å². The highest BCUT2D eigenvalue weighted by molar-refractivity contribution is 6.31. The molecule has 0 amide bonds. The van der Waals surface area contributed by atoms with Crippen LogP contribution in [-0.4, -0.2) is 7.11 Å². The number of halogens is 3. The van der Waals surface area contributed by atoms with E-state index in [9.17, 15) is 4.39 Å². The Labute approximate surface area is 167 Å². The first-order valence-corrected chi connectivity index (χ1v) is 9.04. The Morgan fingerprint density at radius 1 is 1.00 bits per heavy atom. The Morgan fingerprint density at radius 2 is 1.78 bits per heavy atom. The molecule has 0 heterocycles. The van der Waals surface area contributed by atoms with E-state index in [4.69, 9.17) is 32.7 Å². The largest absolute Gasteiger partial charge is 0.493 e. The zero-order chi connectivity index (χ0) is 19.2. The molecule has 6 heteroatoms. The fourth-order valence-electron chi connectivity index (χ4n) is 2.60. The van der Waals surface area contributed by atoms with Crippen molar-refractivity contribution in [3.05, 3.63) is 87.7 Å². The summed E-state index contributed by atoms with van der Waals surface area (Å²) in [6.45, 7) is 0.803. The Balaban J connectivity index is 1.81. The van der Waals surface area contributed by atoms with Crippen LogP contribution in [0.3, 0.4) is 0 Å². The lowest BCUT2D eigenvalue weighted by atomic mass is 10.1. The number of hydrogen-bond acceptors (Lipinski definition) is 3. The number of rotatable bonds is 7. The van der Waals surface area contributed by atoms with E-state index in [2.05, 4.69) is 5.32 Å². The molecule has 1 N–H and O–H groups in total. The average molecular weight is 406 g/mol. The van der Waals surface area contributed by atoms with E-state index in [1.54, 1.807) is 19.2 Å². The monoisotopic (exact) mass is 405 g/mol. The Bertz CT molecular complexity index is 920. The summed E-state index contributed by atoms with van der Waals surface area (Å²) in [5, 5.41) is 3.80. The summed E-state index contributed by atoms with van der Waals surface area (Å²) in [6.07, 6.45) is 0. The van der Waals surface area contributed by atoms with E-state index < -0.39 is 5.82 Å². The van der Waals surface area contributed by atoms with Crippen molar-refractivity contribution < 1.29 is 13.9 Å². The van der Waals surface area contributed by atoms with Gasteiger partial charge in [-0.1, -0.05) is 53.5 Å². The summed E-state index contributed by atoms with van der Waals surface area (Å²) >= 11 is 12.0. The van der Waals surface area contributed by atoms with Crippen LogP contribution in [0.4, 0.5) is 10.1 Å². The third-order valence-electron chi connectivity index (χ3n) is 3.95. The van der Waals surface area contributed by atoms with E-state index in [-0.39, 0.29) is 5.02 Å². The third-order valence-corrected chi connectivity index (χ3v) is 4.45. The minimum absolute atomic E-state index is 0.0595. The molecular weight excluding hydrogens is 388 g/mol. The Hall–Kier alpha value is -2.43. The van der Waals surface area contributed by atoms with Crippen LogP contribution in [-0.2, 0) is 13.2 Å². The summed E-state index contributed by atoms with van der Waals surface area (Å²) in [7, 11) is 1.57. The lowest BCUT2D eigenvalue weighted by Crippen LogP contribution is -2.05. The van der Waals surface area contributed by atoms with E-state index in [1.165, 1.54) is 12.1 Å². The van der Waals surface area contributed by atoms with Crippen LogP contribution in [0.25, 0.3) is 0 Å². The van der Waals surface area contributed by atoms with Crippen molar-refractivity contribution >= 4 is 28.9 Å². The number of ether oxygens (including phenoxy) is 2. The minimum Gasteiger partial charge on any atom is -0.493 e. The number of hydrogen-bond donors (Lipinski definition) is 1. The van der Waals surface area contributed by atoms with E-state index in [0.29, 0.717) is 35.4 Å². The van der Waals surface area contributed by atoms with Crippen molar-refractivity contribution in [2.75, 3.05) is 12.4 Å². The second-order valence-electron chi connectivity index (χ2n) is 5.85. The zero-order valence-electron chi connectivity index (χ0n) is 14.6. The van der Waals surface area contributed by atoms with Crippen LogP contribution in [0.5, 0.6) is 11.5 Å². The molecule has 0 saturated carbocycles. The second-order valence-corrected chi connectivity index (χ2v) is 6.70. The van der Waals surface area contributed by atoms with Gasteiger partial charge in [-0.05, 0) is 29.8 Å². The molecule has 27 heavy (non-hydrogen) atoms. The zero-order valence-corrected chi connectivity index (χ0v) is 16.1. The number of anilines is 1. The van der Waals surface area contributed by atoms with Crippen LogP contribution >= 0.6 is 23.2 Å². The minimum atomic E-state index is -0.460. The maximum absolute atomic E-state index is 13.3. The smallest absolute Gasteiger partial charge is 0.166 e. The van der Waals surface area contributed by atoms with Crippen molar-refractivity contribution in [2.45, 2.75) is 13.2 Å². The van der Waals surface area contributed by atoms with Crippen molar-refractivity contribution in [3.8, 4) is 11.5 Å². The first-order valence-electron chi connectivity index (χ1n) is 8.29. The first kappa shape index (κ1) is 19.3. The molecule has 0 fully saturated rings. The number of methoxy groups -OCH3 is 1.